The van der Waals surface area contributed by atoms with Gasteiger partial charge in [-0.15, -0.1) is 0 Å². The largest absolute Gasteiger partial charge is 0.481 e. The van der Waals surface area contributed by atoms with Crippen molar-refractivity contribution in [2.45, 2.75) is 25.7 Å². The van der Waals surface area contributed by atoms with Gasteiger partial charge in [0.05, 0.1) is 5.41 Å². The van der Waals surface area contributed by atoms with Crippen molar-refractivity contribution in [2.24, 2.45) is 5.41 Å². The highest BCUT2D eigenvalue weighted by atomic mass is 16.4. The predicted octanol–water partition coefficient (Wildman–Crippen LogP) is -0.313. The predicted molar refractivity (Wildman–Crippen MR) is 50.3 cm³/mol. The lowest BCUT2D eigenvalue weighted by molar-refractivity contribution is -0.152. The van der Waals surface area contributed by atoms with Gasteiger partial charge < -0.3 is 20.4 Å². The minimum absolute atomic E-state index is 0.0455. The average Bonchev–Trinajstić information content (AvgIpc) is 2.14. The Morgan fingerprint density at radius 1 is 0.933 bits per heavy atom. The van der Waals surface area contributed by atoms with Gasteiger partial charge in [0, 0.05) is 19.6 Å². The van der Waals surface area contributed by atoms with Crippen molar-refractivity contribution in [3.8, 4) is 0 Å². The summed E-state index contributed by atoms with van der Waals surface area (Å²) in [6, 6.07) is 0. The first-order valence-electron chi connectivity index (χ1n) is 4.65. The number of aliphatic hydroxyl groups is 2. The molecule has 0 aromatic carbocycles. The Bertz CT molecular complexity index is 219. The monoisotopic (exact) mass is 220 g/mol. The van der Waals surface area contributed by atoms with Gasteiger partial charge in [0.1, 0.15) is 0 Å². The van der Waals surface area contributed by atoms with Gasteiger partial charge in [0.15, 0.2) is 0 Å². The second-order valence-electron chi connectivity index (χ2n) is 3.43. The van der Waals surface area contributed by atoms with Crippen LogP contribution in [0.3, 0.4) is 0 Å². The van der Waals surface area contributed by atoms with Crippen LogP contribution < -0.4 is 0 Å². The van der Waals surface area contributed by atoms with Crippen LogP contribution in [0, 0.1) is 5.41 Å². The Kier molecular flexibility index (Phi) is 5.88. The summed E-state index contributed by atoms with van der Waals surface area (Å²) in [5.41, 5.74) is -1.33. The molecule has 0 atom stereocenters. The van der Waals surface area contributed by atoms with Gasteiger partial charge in [-0.2, -0.15) is 0 Å². The van der Waals surface area contributed by atoms with Crippen LogP contribution in [0.5, 0.6) is 0 Å². The van der Waals surface area contributed by atoms with Crippen molar-refractivity contribution in [3.63, 3.8) is 0 Å². The fourth-order valence-electron chi connectivity index (χ4n) is 1.47. The minimum Gasteiger partial charge on any atom is -0.481 e. The molecule has 0 aliphatic rings. The van der Waals surface area contributed by atoms with E-state index < -0.39 is 17.4 Å². The molecule has 0 saturated heterocycles. The first kappa shape index (κ1) is 13.9. The molecule has 15 heavy (non-hydrogen) atoms. The van der Waals surface area contributed by atoms with Crippen LogP contribution in [-0.4, -0.2) is 45.6 Å². The number of hydrogen-bond acceptors (Lipinski definition) is 4. The fourth-order valence-corrected chi connectivity index (χ4v) is 1.47. The van der Waals surface area contributed by atoms with Gasteiger partial charge in [0.2, 0.25) is 0 Å². The molecule has 0 aromatic heterocycles. The zero-order chi connectivity index (χ0) is 11.9. The smallest absolute Gasteiger partial charge is 0.309 e. The Balaban J connectivity index is 4.61. The first-order chi connectivity index (χ1) is 6.98. The summed E-state index contributed by atoms with van der Waals surface area (Å²) in [5, 5.41) is 35.0. The molecule has 0 heterocycles. The van der Waals surface area contributed by atoms with Crippen molar-refractivity contribution >= 4 is 11.9 Å². The van der Waals surface area contributed by atoms with Gasteiger partial charge in [-0.05, 0) is 19.3 Å². The first-order valence-corrected chi connectivity index (χ1v) is 4.65. The highest BCUT2D eigenvalue weighted by Crippen LogP contribution is 2.32. The summed E-state index contributed by atoms with van der Waals surface area (Å²) < 4.78 is 0. The topological polar surface area (TPSA) is 115 Å². The van der Waals surface area contributed by atoms with Crippen LogP contribution in [0.15, 0.2) is 0 Å². The molecule has 0 saturated carbocycles. The molecule has 6 nitrogen and oxygen atoms in total. The zero-order valence-electron chi connectivity index (χ0n) is 8.35. The van der Waals surface area contributed by atoms with Gasteiger partial charge in [-0.25, -0.2) is 0 Å². The molecule has 6 heteroatoms. The average molecular weight is 220 g/mol. The van der Waals surface area contributed by atoms with Gasteiger partial charge in [0.25, 0.3) is 0 Å². The minimum atomic E-state index is -1.33. The van der Waals surface area contributed by atoms with Crippen LogP contribution in [0.4, 0.5) is 0 Å². The molecule has 0 aromatic rings. The van der Waals surface area contributed by atoms with Crippen molar-refractivity contribution in [3.05, 3.63) is 0 Å². The Morgan fingerprint density at radius 2 is 1.40 bits per heavy atom. The standard InChI is InChI=1S/C9H16O6/c10-5-3-9(4-6-11,8(14)15)2-1-7(12)13/h10-11H,1-6H2,(H,12,13)(H,14,15). The molecule has 0 spiro atoms. The highest BCUT2D eigenvalue weighted by Gasteiger charge is 2.37. The van der Waals surface area contributed by atoms with E-state index in [9.17, 15) is 9.59 Å². The molecule has 0 fully saturated rings. The molecule has 0 aliphatic carbocycles. The third-order valence-electron chi connectivity index (χ3n) is 2.45. The number of carboxylic acids is 2. The molecule has 0 aliphatic heterocycles. The molecule has 88 valence electrons. The zero-order valence-corrected chi connectivity index (χ0v) is 8.35. The van der Waals surface area contributed by atoms with Crippen LogP contribution in [0.25, 0.3) is 0 Å². The molecule has 4 N–H and O–H groups in total. The second-order valence-corrected chi connectivity index (χ2v) is 3.43. The number of carbonyl (C=O) groups is 2. The molecule has 0 bridgehead atoms. The lowest BCUT2D eigenvalue weighted by atomic mass is 9.77. The third-order valence-corrected chi connectivity index (χ3v) is 2.45. The Labute approximate surface area is 87.2 Å². The number of aliphatic carboxylic acids is 2. The molecule has 0 amide bonds. The third kappa shape index (κ3) is 4.26. The van der Waals surface area contributed by atoms with E-state index in [-0.39, 0.29) is 38.9 Å². The Hall–Kier alpha value is -1.14. The van der Waals surface area contributed by atoms with Gasteiger partial charge >= 0.3 is 11.9 Å². The maximum absolute atomic E-state index is 11.0. The quantitative estimate of drug-likeness (QED) is 0.446. The van der Waals surface area contributed by atoms with Crippen molar-refractivity contribution in [2.75, 3.05) is 13.2 Å². The molecular formula is C9H16O6. The Morgan fingerprint density at radius 3 is 1.67 bits per heavy atom. The number of hydrogen-bond donors (Lipinski definition) is 4. The van der Waals surface area contributed by atoms with E-state index in [1.165, 1.54) is 0 Å². The molecular weight excluding hydrogens is 204 g/mol. The van der Waals surface area contributed by atoms with E-state index in [4.69, 9.17) is 20.4 Å². The van der Waals surface area contributed by atoms with E-state index in [1.54, 1.807) is 0 Å². The SMILES string of the molecule is O=C(O)CCC(CCO)(CCO)C(=O)O. The van der Waals surface area contributed by atoms with Gasteiger partial charge in [-0.1, -0.05) is 0 Å². The fraction of sp³-hybridized carbons (Fsp3) is 0.778. The summed E-state index contributed by atoms with van der Waals surface area (Å²) in [4.78, 5) is 21.4. The van der Waals surface area contributed by atoms with E-state index in [2.05, 4.69) is 0 Å². The summed E-state index contributed by atoms with van der Waals surface area (Å²) in [7, 11) is 0. The summed E-state index contributed by atoms with van der Waals surface area (Å²) >= 11 is 0. The normalized spacial score (nSPS) is 11.3. The maximum Gasteiger partial charge on any atom is 0.309 e. The molecule has 0 radical (unpaired) electrons. The van der Waals surface area contributed by atoms with Gasteiger partial charge in [-0.3, -0.25) is 9.59 Å². The van der Waals surface area contributed by atoms with Crippen LogP contribution in [0.1, 0.15) is 25.7 Å². The van der Waals surface area contributed by atoms with Crippen LogP contribution >= 0.6 is 0 Å². The van der Waals surface area contributed by atoms with E-state index in [0.29, 0.717) is 0 Å². The molecule has 0 unspecified atom stereocenters. The summed E-state index contributed by atoms with van der Waals surface area (Å²) in [6.07, 6.45) is -0.461. The lowest BCUT2D eigenvalue weighted by Crippen LogP contribution is -2.34. The number of carboxylic acid groups (broad SMARTS) is 2. The van der Waals surface area contributed by atoms with E-state index >= 15 is 0 Å². The number of aliphatic hydroxyl groups excluding tert-OH is 2. The lowest BCUT2D eigenvalue weighted by Gasteiger charge is -2.27. The van der Waals surface area contributed by atoms with Crippen LogP contribution in [0.2, 0.25) is 0 Å². The number of rotatable bonds is 8. The van der Waals surface area contributed by atoms with Crippen LogP contribution in [-0.2, 0) is 9.59 Å². The maximum atomic E-state index is 11.0. The highest BCUT2D eigenvalue weighted by molar-refractivity contribution is 5.76. The van der Waals surface area contributed by atoms with Crippen molar-refractivity contribution in [1.82, 2.24) is 0 Å². The summed E-state index contributed by atoms with van der Waals surface area (Å²) in [6.45, 7) is -0.683. The molecule has 0 rings (SSSR count). The van der Waals surface area contributed by atoms with Crippen molar-refractivity contribution in [1.29, 1.82) is 0 Å². The van der Waals surface area contributed by atoms with E-state index in [1.807, 2.05) is 0 Å². The summed E-state index contributed by atoms with van der Waals surface area (Å²) in [5.74, 6) is -2.26. The second kappa shape index (κ2) is 6.36. The van der Waals surface area contributed by atoms with E-state index in [0.717, 1.165) is 0 Å². The van der Waals surface area contributed by atoms with Crippen molar-refractivity contribution < 1.29 is 30.0 Å².